The number of hydrogen-bond donors (Lipinski definition) is 2. The lowest BCUT2D eigenvalue weighted by molar-refractivity contribution is -0.117. The molecule has 1 fully saturated rings. The van der Waals surface area contributed by atoms with Gasteiger partial charge in [0.1, 0.15) is 0 Å². The summed E-state index contributed by atoms with van der Waals surface area (Å²) in [4.78, 5) is 26.0. The Labute approximate surface area is 149 Å². The molecule has 0 aliphatic carbocycles. The van der Waals surface area contributed by atoms with E-state index in [0.29, 0.717) is 24.2 Å². The highest BCUT2D eigenvalue weighted by atomic mass is 35.5. The minimum atomic E-state index is -0.319. The normalized spacial score (nSPS) is 14.1. The van der Waals surface area contributed by atoms with Crippen LogP contribution in [-0.4, -0.2) is 18.4 Å². The monoisotopic (exact) mass is 363 g/mol. The van der Waals surface area contributed by atoms with E-state index in [0.717, 1.165) is 12.1 Å². The minimum absolute atomic E-state index is 0.0738. The molecule has 0 atom stereocenters. The van der Waals surface area contributed by atoms with Crippen molar-refractivity contribution in [3.05, 3.63) is 52.0 Å². The number of amides is 2. The fraction of sp³-hybridized carbons (Fsp3) is 0.176. The van der Waals surface area contributed by atoms with E-state index < -0.39 is 0 Å². The molecule has 2 aromatic rings. The van der Waals surface area contributed by atoms with E-state index in [1.165, 1.54) is 12.1 Å². The van der Waals surface area contributed by atoms with Crippen molar-refractivity contribution in [3.63, 3.8) is 0 Å². The summed E-state index contributed by atoms with van der Waals surface area (Å²) in [5.41, 5.74) is 7.56. The summed E-state index contributed by atoms with van der Waals surface area (Å²) in [5, 5.41) is 3.27. The van der Waals surface area contributed by atoms with Crippen LogP contribution in [-0.2, 0) is 4.79 Å². The molecular weight excluding hydrogens is 349 g/mol. The number of benzene rings is 2. The highest BCUT2D eigenvalue weighted by Gasteiger charge is 2.22. The minimum Gasteiger partial charge on any atom is -0.396 e. The van der Waals surface area contributed by atoms with E-state index in [1.54, 1.807) is 23.1 Å². The first kappa shape index (κ1) is 16.6. The number of nitrogens with one attached hydrogen (secondary N) is 1. The Bertz CT molecular complexity index is 800. The Kier molecular flexibility index (Phi) is 4.64. The first-order valence-electron chi connectivity index (χ1n) is 7.42. The Hall–Kier alpha value is -2.24. The Balaban J connectivity index is 1.82. The van der Waals surface area contributed by atoms with Crippen LogP contribution < -0.4 is 16.0 Å². The second-order valence-electron chi connectivity index (χ2n) is 5.51. The smallest absolute Gasteiger partial charge is 0.255 e. The summed E-state index contributed by atoms with van der Waals surface area (Å²) >= 11 is 11.9. The van der Waals surface area contributed by atoms with Gasteiger partial charge in [0.05, 0.1) is 15.7 Å². The molecule has 124 valence electrons. The van der Waals surface area contributed by atoms with Crippen LogP contribution in [0.4, 0.5) is 17.1 Å². The molecule has 0 saturated carbocycles. The quantitative estimate of drug-likeness (QED) is 0.810. The molecule has 0 spiro atoms. The third-order valence-corrected chi connectivity index (χ3v) is 4.46. The van der Waals surface area contributed by atoms with Gasteiger partial charge in [-0.25, -0.2) is 0 Å². The summed E-state index contributed by atoms with van der Waals surface area (Å²) in [5.74, 6) is -0.245. The van der Waals surface area contributed by atoms with Crippen molar-refractivity contribution in [1.29, 1.82) is 0 Å². The highest BCUT2D eigenvalue weighted by Crippen LogP contribution is 2.31. The molecule has 0 unspecified atom stereocenters. The summed E-state index contributed by atoms with van der Waals surface area (Å²) < 4.78 is 0. The predicted molar refractivity (Wildman–Crippen MR) is 96.9 cm³/mol. The number of nitrogen functional groups attached to an aromatic ring is 1. The van der Waals surface area contributed by atoms with Gasteiger partial charge in [-0.05, 0) is 36.8 Å². The van der Waals surface area contributed by atoms with E-state index in [-0.39, 0.29) is 27.5 Å². The van der Waals surface area contributed by atoms with Gasteiger partial charge in [-0.15, -0.1) is 0 Å². The lowest BCUT2D eigenvalue weighted by Gasteiger charge is -2.16. The predicted octanol–water partition coefficient (Wildman–Crippen LogP) is 3.95. The van der Waals surface area contributed by atoms with Gasteiger partial charge in [0.2, 0.25) is 5.91 Å². The van der Waals surface area contributed by atoms with Gasteiger partial charge < -0.3 is 16.0 Å². The average Bonchev–Trinajstić information content (AvgIpc) is 2.98. The Morgan fingerprint density at radius 3 is 2.50 bits per heavy atom. The largest absolute Gasteiger partial charge is 0.396 e. The maximum atomic E-state index is 12.4. The number of carbonyl (C=O) groups is 2. The van der Waals surface area contributed by atoms with Crippen molar-refractivity contribution in [3.8, 4) is 0 Å². The summed E-state index contributed by atoms with van der Waals surface area (Å²) in [6.45, 7) is 0.674. The summed E-state index contributed by atoms with van der Waals surface area (Å²) in [6.07, 6.45) is 1.37. The number of anilines is 3. The molecule has 5 nitrogen and oxygen atoms in total. The molecule has 24 heavy (non-hydrogen) atoms. The first-order valence-corrected chi connectivity index (χ1v) is 8.17. The highest BCUT2D eigenvalue weighted by molar-refractivity contribution is 6.39. The third-order valence-electron chi connectivity index (χ3n) is 3.83. The van der Waals surface area contributed by atoms with Crippen molar-refractivity contribution in [1.82, 2.24) is 0 Å². The van der Waals surface area contributed by atoms with Crippen LogP contribution in [0.15, 0.2) is 36.4 Å². The second kappa shape index (κ2) is 6.71. The molecular formula is C17H15Cl2N3O2. The molecule has 0 bridgehead atoms. The molecule has 1 aliphatic rings. The zero-order chi connectivity index (χ0) is 17.3. The van der Waals surface area contributed by atoms with Crippen LogP contribution in [0.25, 0.3) is 0 Å². The standard InChI is InChI=1S/C17H15Cl2N3O2/c18-13-8-11(9-14(19)16(13)20)21-17(24)10-3-1-4-12(7-10)22-6-2-5-15(22)23/h1,3-4,7-9H,2,5-6,20H2,(H,21,24). The molecule has 0 aromatic heterocycles. The molecule has 3 N–H and O–H groups in total. The van der Waals surface area contributed by atoms with Crippen LogP contribution in [0.3, 0.4) is 0 Å². The van der Waals surface area contributed by atoms with Crippen LogP contribution in [0.1, 0.15) is 23.2 Å². The topological polar surface area (TPSA) is 75.4 Å². The van der Waals surface area contributed by atoms with Gasteiger partial charge in [-0.3, -0.25) is 9.59 Å². The number of nitrogens with two attached hydrogens (primary N) is 1. The number of halogens is 2. The summed E-state index contributed by atoms with van der Waals surface area (Å²) in [7, 11) is 0. The van der Waals surface area contributed by atoms with Gasteiger partial charge in [-0.1, -0.05) is 29.3 Å². The number of nitrogens with zero attached hydrogens (tertiary/aromatic N) is 1. The molecule has 2 amide bonds. The Morgan fingerprint density at radius 2 is 1.88 bits per heavy atom. The molecule has 3 rings (SSSR count). The number of hydrogen-bond acceptors (Lipinski definition) is 3. The zero-order valence-electron chi connectivity index (χ0n) is 12.7. The first-order chi connectivity index (χ1) is 11.5. The van der Waals surface area contributed by atoms with Crippen molar-refractivity contribution in [2.75, 3.05) is 22.5 Å². The second-order valence-corrected chi connectivity index (χ2v) is 6.32. The average molecular weight is 364 g/mol. The van der Waals surface area contributed by atoms with Gasteiger partial charge in [-0.2, -0.15) is 0 Å². The summed E-state index contributed by atoms with van der Waals surface area (Å²) in [6, 6.07) is 10.0. The van der Waals surface area contributed by atoms with Gasteiger partial charge in [0, 0.05) is 29.9 Å². The molecule has 1 heterocycles. The van der Waals surface area contributed by atoms with E-state index in [2.05, 4.69) is 5.32 Å². The van der Waals surface area contributed by atoms with Gasteiger partial charge >= 0.3 is 0 Å². The molecule has 2 aromatic carbocycles. The lowest BCUT2D eigenvalue weighted by atomic mass is 10.1. The van der Waals surface area contributed by atoms with Crippen LogP contribution in [0.2, 0.25) is 10.0 Å². The molecule has 1 aliphatic heterocycles. The van der Waals surface area contributed by atoms with E-state index in [1.807, 2.05) is 6.07 Å². The van der Waals surface area contributed by atoms with Crippen molar-refractivity contribution < 1.29 is 9.59 Å². The third kappa shape index (κ3) is 3.32. The maximum absolute atomic E-state index is 12.4. The van der Waals surface area contributed by atoms with Gasteiger partial charge in [0.25, 0.3) is 5.91 Å². The Morgan fingerprint density at radius 1 is 1.17 bits per heavy atom. The van der Waals surface area contributed by atoms with Crippen LogP contribution in [0.5, 0.6) is 0 Å². The molecule has 0 radical (unpaired) electrons. The number of carbonyl (C=O) groups excluding carboxylic acids is 2. The fourth-order valence-electron chi connectivity index (χ4n) is 2.60. The number of rotatable bonds is 3. The zero-order valence-corrected chi connectivity index (χ0v) is 14.2. The lowest BCUT2D eigenvalue weighted by Crippen LogP contribution is -2.24. The van der Waals surface area contributed by atoms with Crippen molar-refractivity contribution in [2.45, 2.75) is 12.8 Å². The van der Waals surface area contributed by atoms with Crippen LogP contribution >= 0.6 is 23.2 Å². The van der Waals surface area contributed by atoms with E-state index >= 15 is 0 Å². The van der Waals surface area contributed by atoms with Crippen molar-refractivity contribution in [2.24, 2.45) is 0 Å². The molecule has 7 heteroatoms. The van der Waals surface area contributed by atoms with E-state index in [9.17, 15) is 9.59 Å². The fourth-order valence-corrected chi connectivity index (χ4v) is 3.08. The van der Waals surface area contributed by atoms with E-state index in [4.69, 9.17) is 28.9 Å². The molecule has 1 saturated heterocycles. The van der Waals surface area contributed by atoms with Crippen LogP contribution in [0, 0.1) is 0 Å². The van der Waals surface area contributed by atoms with Gasteiger partial charge in [0.15, 0.2) is 0 Å². The van der Waals surface area contributed by atoms with Crippen molar-refractivity contribution >= 4 is 52.1 Å². The SMILES string of the molecule is Nc1c(Cl)cc(NC(=O)c2cccc(N3CCCC3=O)c2)cc1Cl. The maximum Gasteiger partial charge on any atom is 0.255 e.